The van der Waals surface area contributed by atoms with E-state index in [4.69, 9.17) is 11.6 Å². The molecule has 0 spiro atoms. The number of rotatable bonds is 3. The summed E-state index contributed by atoms with van der Waals surface area (Å²) in [5.74, 6) is 0.663. The Labute approximate surface area is 93.4 Å². The van der Waals surface area contributed by atoms with Crippen LogP contribution in [0.5, 0.6) is 0 Å². The Balaban J connectivity index is 2.59. The topological polar surface area (TPSA) is 0 Å². The first-order valence-electron chi connectivity index (χ1n) is 4.48. The van der Waals surface area contributed by atoms with E-state index in [1.165, 1.54) is 5.56 Å². The molecule has 0 heterocycles. The summed E-state index contributed by atoms with van der Waals surface area (Å²) in [6.45, 7) is 4.44. The minimum atomic E-state index is 0.550. The third-order valence-electron chi connectivity index (χ3n) is 2.07. The quantitative estimate of drug-likeness (QED) is 0.712. The summed E-state index contributed by atoms with van der Waals surface area (Å²) in [7, 11) is 0. The molecule has 0 nitrogen and oxygen atoms in total. The fourth-order valence-electron chi connectivity index (χ4n) is 1.08. The molecule has 0 aliphatic rings. The van der Waals surface area contributed by atoms with Gasteiger partial charge in [0.25, 0.3) is 0 Å². The Hall–Kier alpha value is -0.0100. The van der Waals surface area contributed by atoms with Crippen molar-refractivity contribution in [2.24, 2.45) is 5.92 Å². The lowest BCUT2D eigenvalue weighted by molar-refractivity contribution is 0.613. The van der Waals surface area contributed by atoms with E-state index in [2.05, 4.69) is 41.9 Å². The molecule has 0 fully saturated rings. The average molecular weight is 262 g/mol. The molecule has 0 radical (unpaired) electrons. The third-order valence-corrected chi connectivity index (χ3v) is 3.70. The highest BCUT2D eigenvalue weighted by molar-refractivity contribution is 9.09. The van der Waals surface area contributed by atoms with Crippen LogP contribution in [0.25, 0.3) is 0 Å². The van der Waals surface area contributed by atoms with Crippen LogP contribution in [0.1, 0.15) is 19.4 Å². The van der Waals surface area contributed by atoms with E-state index in [9.17, 15) is 0 Å². The number of hydrogen-bond acceptors (Lipinski definition) is 0. The molecule has 1 unspecified atom stereocenters. The van der Waals surface area contributed by atoms with Crippen molar-refractivity contribution in [1.82, 2.24) is 0 Å². The van der Waals surface area contributed by atoms with E-state index >= 15 is 0 Å². The second-order valence-electron chi connectivity index (χ2n) is 3.59. The normalized spacial score (nSPS) is 13.3. The molecule has 13 heavy (non-hydrogen) atoms. The van der Waals surface area contributed by atoms with Gasteiger partial charge in [-0.2, -0.15) is 0 Å². The summed E-state index contributed by atoms with van der Waals surface area (Å²) >= 11 is 9.46. The number of halogens is 2. The molecule has 1 aromatic rings. The van der Waals surface area contributed by atoms with Gasteiger partial charge in [-0.25, -0.2) is 0 Å². The van der Waals surface area contributed by atoms with Gasteiger partial charge in [-0.15, -0.1) is 0 Å². The third kappa shape index (κ3) is 3.70. The van der Waals surface area contributed by atoms with Gasteiger partial charge in [-0.1, -0.05) is 53.5 Å². The molecule has 0 saturated heterocycles. The van der Waals surface area contributed by atoms with Crippen LogP contribution in [0.4, 0.5) is 0 Å². The summed E-state index contributed by atoms with van der Waals surface area (Å²) < 4.78 is 0. The van der Waals surface area contributed by atoms with Gasteiger partial charge in [0.2, 0.25) is 0 Å². The van der Waals surface area contributed by atoms with Gasteiger partial charge < -0.3 is 0 Å². The minimum absolute atomic E-state index is 0.550. The number of benzene rings is 1. The van der Waals surface area contributed by atoms with Crippen LogP contribution in [0.3, 0.4) is 0 Å². The van der Waals surface area contributed by atoms with E-state index < -0.39 is 0 Å². The molecule has 0 aliphatic heterocycles. The maximum absolute atomic E-state index is 5.80. The van der Waals surface area contributed by atoms with Gasteiger partial charge in [-0.05, 0) is 30.0 Å². The predicted octanol–water partition coefficient (Wildman–Crippen LogP) is 4.30. The van der Waals surface area contributed by atoms with Crippen molar-refractivity contribution in [2.75, 3.05) is 0 Å². The van der Waals surface area contributed by atoms with E-state index in [1.807, 2.05) is 12.1 Å². The lowest BCUT2D eigenvalue weighted by Crippen LogP contribution is -2.10. The van der Waals surface area contributed by atoms with Crippen molar-refractivity contribution in [3.63, 3.8) is 0 Å². The molecule has 1 aromatic carbocycles. The molecule has 1 atom stereocenters. The maximum Gasteiger partial charge on any atom is 0.0406 e. The highest BCUT2D eigenvalue weighted by atomic mass is 79.9. The van der Waals surface area contributed by atoms with Crippen LogP contribution in [0.2, 0.25) is 5.02 Å². The van der Waals surface area contributed by atoms with Gasteiger partial charge in [0.15, 0.2) is 0 Å². The standard InChI is InChI=1S/C11H14BrCl/c1-8(2)11(12)7-9-3-5-10(13)6-4-9/h3-6,8,11H,7H2,1-2H3. The molecule has 2 heteroatoms. The Bertz CT molecular complexity index is 253. The second kappa shape index (κ2) is 5.02. The van der Waals surface area contributed by atoms with Crippen molar-refractivity contribution >= 4 is 27.5 Å². The molecule has 0 amide bonds. The highest BCUT2D eigenvalue weighted by Gasteiger charge is 2.09. The van der Waals surface area contributed by atoms with Crippen LogP contribution in [0, 0.1) is 5.92 Å². The molecular formula is C11H14BrCl. The molecule has 0 bridgehead atoms. The molecule has 1 rings (SSSR count). The average Bonchev–Trinajstić information content (AvgIpc) is 2.08. The van der Waals surface area contributed by atoms with Gasteiger partial charge >= 0.3 is 0 Å². The molecule has 0 aliphatic carbocycles. The van der Waals surface area contributed by atoms with Crippen molar-refractivity contribution in [3.8, 4) is 0 Å². The van der Waals surface area contributed by atoms with Gasteiger partial charge in [0.1, 0.15) is 0 Å². The largest absolute Gasteiger partial charge is 0.0884 e. The maximum atomic E-state index is 5.80. The van der Waals surface area contributed by atoms with Crippen LogP contribution >= 0.6 is 27.5 Å². The van der Waals surface area contributed by atoms with Gasteiger partial charge in [0, 0.05) is 9.85 Å². The summed E-state index contributed by atoms with van der Waals surface area (Å²) in [6.07, 6.45) is 1.06. The van der Waals surface area contributed by atoms with Crippen LogP contribution in [-0.4, -0.2) is 4.83 Å². The SMILES string of the molecule is CC(C)C(Br)Cc1ccc(Cl)cc1. The molecule has 0 saturated carbocycles. The van der Waals surface area contributed by atoms with Crippen LogP contribution in [0.15, 0.2) is 24.3 Å². The number of alkyl halides is 1. The first kappa shape index (κ1) is 11.1. The molecule has 0 aromatic heterocycles. The second-order valence-corrected chi connectivity index (χ2v) is 5.20. The van der Waals surface area contributed by atoms with Crippen LogP contribution < -0.4 is 0 Å². The summed E-state index contributed by atoms with van der Waals surface area (Å²) in [4.78, 5) is 0.550. The van der Waals surface area contributed by atoms with Crippen molar-refractivity contribution in [2.45, 2.75) is 25.1 Å². The first-order chi connectivity index (χ1) is 6.09. The zero-order valence-corrected chi connectivity index (χ0v) is 10.3. The zero-order chi connectivity index (χ0) is 9.84. The predicted molar refractivity (Wildman–Crippen MR) is 62.7 cm³/mol. The molecular weight excluding hydrogens is 247 g/mol. The van der Waals surface area contributed by atoms with Gasteiger partial charge in [-0.3, -0.25) is 0 Å². The van der Waals surface area contributed by atoms with Gasteiger partial charge in [0.05, 0.1) is 0 Å². The van der Waals surface area contributed by atoms with Crippen LogP contribution in [-0.2, 0) is 6.42 Å². The fourth-order valence-corrected chi connectivity index (χ4v) is 1.58. The van der Waals surface area contributed by atoms with Crippen molar-refractivity contribution in [3.05, 3.63) is 34.9 Å². The van der Waals surface area contributed by atoms with Crippen molar-refractivity contribution in [1.29, 1.82) is 0 Å². The highest BCUT2D eigenvalue weighted by Crippen LogP contribution is 2.19. The lowest BCUT2D eigenvalue weighted by Gasteiger charge is -2.13. The fraction of sp³-hybridized carbons (Fsp3) is 0.455. The molecule has 0 N–H and O–H groups in total. The Kier molecular flexibility index (Phi) is 4.27. The first-order valence-corrected chi connectivity index (χ1v) is 5.77. The Morgan fingerprint density at radius 3 is 2.23 bits per heavy atom. The lowest BCUT2D eigenvalue weighted by atomic mass is 10.0. The van der Waals surface area contributed by atoms with Crippen molar-refractivity contribution < 1.29 is 0 Å². The number of hydrogen-bond donors (Lipinski definition) is 0. The Morgan fingerprint density at radius 1 is 1.23 bits per heavy atom. The summed E-state index contributed by atoms with van der Waals surface area (Å²) in [5.41, 5.74) is 1.33. The smallest absolute Gasteiger partial charge is 0.0406 e. The van der Waals surface area contributed by atoms with E-state index in [0.717, 1.165) is 11.4 Å². The summed E-state index contributed by atoms with van der Waals surface area (Å²) in [6, 6.07) is 8.05. The zero-order valence-electron chi connectivity index (χ0n) is 7.93. The minimum Gasteiger partial charge on any atom is -0.0884 e. The summed E-state index contributed by atoms with van der Waals surface area (Å²) in [5, 5.41) is 0.805. The van der Waals surface area contributed by atoms with E-state index in [-0.39, 0.29) is 0 Å². The van der Waals surface area contributed by atoms with E-state index in [1.54, 1.807) is 0 Å². The Morgan fingerprint density at radius 2 is 1.77 bits per heavy atom. The molecule has 72 valence electrons. The van der Waals surface area contributed by atoms with E-state index in [0.29, 0.717) is 10.7 Å². The monoisotopic (exact) mass is 260 g/mol.